The Morgan fingerprint density at radius 1 is 1.36 bits per heavy atom. The van der Waals surface area contributed by atoms with Crippen molar-refractivity contribution in [3.8, 4) is 5.75 Å². The fourth-order valence-corrected chi connectivity index (χ4v) is 1.64. The van der Waals surface area contributed by atoms with Gasteiger partial charge < -0.3 is 10.2 Å². The SMILES string of the molecule is NS(=O)(=O)c1ccc(O)cc1C(=O)O. The minimum Gasteiger partial charge on any atom is -0.508 e. The third-order valence-corrected chi connectivity index (χ3v) is 2.47. The fraction of sp³-hybridized carbons (Fsp3) is 0. The Morgan fingerprint density at radius 2 is 1.93 bits per heavy atom. The zero-order valence-electron chi connectivity index (χ0n) is 6.84. The number of carboxylic acids is 1. The number of primary sulfonamides is 1. The van der Waals surface area contributed by atoms with Crippen LogP contribution in [-0.2, 0) is 10.0 Å². The van der Waals surface area contributed by atoms with E-state index in [1.807, 2.05) is 0 Å². The Labute approximate surface area is 79.6 Å². The topological polar surface area (TPSA) is 118 Å². The summed E-state index contributed by atoms with van der Waals surface area (Å²) in [6.45, 7) is 0. The van der Waals surface area contributed by atoms with Crippen LogP contribution < -0.4 is 5.14 Å². The molecule has 0 spiro atoms. The predicted octanol–water partition coefficient (Wildman–Crippen LogP) is -0.262. The lowest BCUT2D eigenvalue weighted by molar-refractivity contribution is 0.0692. The highest BCUT2D eigenvalue weighted by molar-refractivity contribution is 7.89. The molecule has 1 rings (SSSR count). The summed E-state index contributed by atoms with van der Waals surface area (Å²) in [5.74, 6) is -1.81. The summed E-state index contributed by atoms with van der Waals surface area (Å²) in [6, 6.07) is 2.81. The van der Waals surface area contributed by atoms with Crippen LogP contribution in [0.5, 0.6) is 5.75 Å². The number of rotatable bonds is 2. The van der Waals surface area contributed by atoms with Crippen LogP contribution in [0.15, 0.2) is 23.1 Å². The zero-order valence-corrected chi connectivity index (χ0v) is 7.65. The second-order valence-corrected chi connectivity index (χ2v) is 4.06. The van der Waals surface area contributed by atoms with Gasteiger partial charge in [0.15, 0.2) is 0 Å². The average molecular weight is 217 g/mol. The Bertz CT molecular complexity index is 479. The molecule has 4 N–H and O–H groups in total. The van der Waals surface area contributed by atoms with Crippen LogP contribution in [-0.4, -0.2) is 24.6 Å². The molecule has 0 amide bonds. The molecule has 76 valence electrons. The second kappa shape index (κ2) is 3.28. The molecule has 0 aliphatic heterocycles. The molecule has 6 nitrogen and oxygen atoms in total. The molecule has 1 aromatic carbocycles. The maximum absolute atomic E-state index is 10.9. The molecule has 0 saturated carbocycles. The van der Waals surface area contributed by atoms with E-state index in [1.54, 1.807) is 0 Å². The third-order valence-electron chi connectivity index (χ3n) is 1.50. The number of carbonyl (C=O) groups is 1. The lowest BCUT2D eigenvalue weighted by Crippen LogP contribution is -2.16. The Balaban J connectivity index is 3.53. The molecule has 0 aromatic heterocycles. The summed E-state index contributed by atoms with van der Waals surface area (Å²) in [7, 11) is -4.09. The lowest BCUT2D eigenvalue weighted by atomic mass is 10.2. The molecular weight excluding hydrogens is 210 g/mol. The molecule has 0 aliphatic rings. The summed E-state index contributed by atoms with van der Waals surface area (Å²) >= 11 is 0. The highest BCUT2D eigenvalue weighted by Crippen LogP contribution is 2.19. The number of sulfonamides is 1. The van der Waals surface area contributed by atoms with Gasteiger partial charge in [-0.05, 0) is 18.2 Å². The molecule has 0 saturated heterocycles. The molecule has 0 aliphatic carbocycles. The van der Waals surface area contributed by atoms with Gasteiger partial charge in [-0.25, -0.2) is 18.4 Å². The summed E-state index contributed by atoms with van der Waals surface area (Å²) in [4.78, 5) is 10.1. The first kappa shape index (κ1) is 10.5. The number of benzene rings is 1. The van der Waals surface area contributed by atoms with Crippen molar-refractivity contribution in [1.82, 2.24) is 0 Å². The molecule has 0 bridgehead atoms. The van der Waals surface area contributed by atoms with Gasteiger partial charge in [-0.2, -0.15) is 0 Å². The van der Waals surface area contributed by atoms with E-state index >= 15 is 0 Å². The maximum atomic E-state index is 10.9. The molecular formula is C7H7NO5S. The quantitative estimate of drug-likeness (QED) is 0.630. The van der Waals surface area contributed by atoms with Gasteiger partial charge in [0.1, 0.15) is 5.75 Å². The molecule has 0 radical (unpaired) electrons. The standard InChI is InChI=1S/C7H7NO5S/c8-14(12,13)6-2-1-4(9)3-5(6)7(10)11/h1-3,9H,(H,10,11)(H2,8,12,13). The highest BCUT2D eigenvalue weighted by Gasteiger charge is 2.18. The molecule has 0 atom stereocenters. The number of aromatic hydroxyl groups is 1. The monoisotopic (exact) mass is 217 g/mol. The summed E-state index contributed by atoms with van der Waals surface area (Å²) in [5.41, 5.74) is -0.549. The molecule has 14 heavy (non-hydrogen) atoms. The highest BCUT2D eigenvalue weighted by atomic mass is 32.2. The van der Waals surface area contributed by atoms with Gasteiger partial charge in [-0.3, -0.25) is 0 Å². The number of hydrogen-bond acceptors (Lipinski definition) is 4. The summed E-state index contributed by atoms with van der Waals surface area (Å²) < 4.78 is 21.8. The van der Waals surface area contributed by atoms with E-state index in [4.69, 9.17) is 15.4 Å². The van der Waals surface area contributed by atoms with E-state index in [9.17, 15) is 13.2 Å². The molecule has 1 aromatic rings. The van der Waals surface area contributed by atoms with E-state index in [0.717, 1.165) is 18.2 Å². The summed E-state index contributed by atoms with van der Waals surface area (Å²) in [5, 5.41) is 22.3. The lowest BCUT2D eigenvalue weighted by Gasteiger charge is -2.03. The first-order valence-corrected chi connectivity index (χ1v) is 4.96. The van der Waals surface area contributed by atoms with Crippen LogP contribution in [0.3, 0.4) is 0 Å². The number of nitrogens with two attached hydrogens (primary N) is 1. The first-order valence-electron chi connectivity index (χ1n) is 3.41. The van der Waals surface area contributed by atoms with E-state index in [0.29, 0.717) is 0 Å². The van der Waals surface area contributed by atoms with Crippen molar-refractivity contribution in [2.45, 2.75) is 4.90 Å². The number of phenols is 1. The smallest absolute Gasteiger partial charge is 0.337 e. The van der Waals surface area contributed by atoms with Gasteiger partial charge in [0, 0.05) is 0 Å². The van der Waals surface area contributed by atoms with Crippen LogP contribution in [0.2, 0.25) is 0 Å². The maximum Gasteiger partial charge on any atom is 0.337 e. The second-order valence-electron chi connectivity index (χ2n) is 2.53. The fourth-order valence-electron chi connectivity index (χ4n) is 0.933. The predicted molar refractivity (Wildman–Crippen MR) is 46.4 cm³/mol. The van der Waals surface area contributed by atoms with Crippen LogP contribution >= 0.6 is 0 Å². The van der Waals surface area contributed by atoms with Gasteiger partial charge in [0.25, 0.3) is 0 Å². The van der Waals surface area contributed by atoms with Crippen molar-refractivity contribution in [2.24, 2.45) is 5.14 Å². The van der Waals surface area contributed by atoms with Crippen molar-refractivity contribution in [3.63, 3.8) is 0 Å². The van der Waals surface area contributed by atoms with Crippen LogP contribution in [0, 0.1) is 0 Å². The van der Waals surface area contributed by atoms with Gasteiger partial charge in [-0.15, -0.1) is 0 Å². The Morgan fingerprint density at radius 3 is 2.36 bits per heavy atom. The minimum absolute atomic E-state index is 0.338. The summed E-state index contributed by atoms with van der Waals surface area (Å²) in [6.07, 6.45) is 0. The van der Waals surface area contributed by atoms with Crippen LogP contribution in [0.1, 0.15) is 10.4 Å². The van der Waals surface area contributed by atoms with E-state index in [1.165, 1.54) is 0 Å². The number of hydrogen-bond donors (Lipinski definition) is 3. The molecule has 0 heterocycles. The molecule has 0 unspecified atom stereocenters. The minimum atomic E-state index is -4.09. The van der Waals surface area contributed by atoms with E-state index < -0.39 is 26.5 Å². The van der Waals surface area contributed by atoms with Crippen molar-refractivity contribution < 1.29 is 23.4 Å². The van der Waals surface area contributed by atoms with Crippen molar-refractivity contribution >= 4 is 16.0 Å². The number of phenolic OH excluding ortho intramolecular Hbond substituents is 1. The van der Waals surface area contributed by atoms with Crippen molar-refractivity contribution in [3.05, 3.63) is 23.8 Å². The Hall–Kier alpha value is -1.60. The van der Waals surface area contributed by atoms with Crippen molar-refractivity contribution in [2.75, 3.05) is 0 Å². The van der Waals surface area contributed by atoms with E-state index in [-0.39, 0.29) is 5.75 Å². The first-order chi connectivity index (χ1) is 6.32. The van der Waals surface area contributed by atoms with Crippen LogP contribution in [0.4, 0.5) is 0 Å². The number of carboxylic acid groups (broad SMARTS) is 1. The van der Waals surface area contributed by atoms with Gasteiger partial charge in [-0.1, -0.05) is 0 Å². The Kier molecular flexibility index (Phi) is 2.45. The van der Waals surface area contributed by atoms with E-state index in [2.05, 4.69) is 0 Å². The average Bonchev–Trinajstić information content (AvgIpc) is 2.01. The zero-order chi connectivity index (χ0) is 10.9. The van der Waals surface area contributed by atoms with Gasteiger partial charge in [0.05, 0.1) is 10.5 Å². The van der Waals surface area contributed by atoms with Gasteiger partial charge >= 0.3 is 5.97 Å². The van der Waals surface area contributed by atoms with Crippen LogP contribution in [0.25, 0.3) is 0 Å². The van der Waals surface area contributed by atoms with Gasteiger partial charge in [0.2, 0.25) is 10.0 Å². The van der Waals surface area contributed by atoms with Crippen molar-refractivity contribution in [1.29, 1.82) is 0 Å². The number of aromatic carboxylic acids is 1. The molecule has 0 fully saturated rings. The largest absolute Gasteiger partial charge is 0.508 e. The normalized spacial score (nSPS) is 11.2. The third kappa shape index (κ3) is 2.01. The molecule has 7 heteroatoms.